The zero-order valence-corrected chi connectivity index (χ0v) is 14.7. The molecule has 8 heteroatoms. The van der Waals surface area contributed by atoms with Crippen LogP contribution in [0.2, 0.25) is 0 Å². The maximum absolute atomic E-state index is 14.3. The van der Waals surface area contributed by atoms with Gasteiger partial charge in [-0.15, -0.1) is 0 Å². The highest BCUT2D eigenvalue weighted by atomic mass is 19.1. The van der Waals surface area contributed by atoms with Gasteiger partial charge in [0.1, 0.15) is 23.7 Å². The Labute approximate surface area is 158 Å². The van der Waals surface area contributed by atoms with Crippen molar-refractivity contribution in [2.45, 2.75) is 13.0 Å². The van der Waals surface area contributed by atoms with Crippen LogP contribution in [0.1, 0.15) is 11.1 Å². The van der Waals surface area contributed by atoms with E-state index in [-0.39, 0.29) is 18.2 Å². The molecule has 0 spiro atoms. The summed E-state index contributed by atoms with van der Waals surface area (Å²) in [7, 11) is 0. The van der Waals surface area contributed by atoms with E-state index in [2.05, 4.69) is 20.4 Å². The number of halogens is 2. The number of rotatable bonds is 4. The Hall–Kier alpha value is -3.55. The fraction of sp³-hybridized carbons (Fsp3) is 0.150. The van der Waals surface area contributed by atoms with Gasteiger partial charge in [0.15, 0.2) is 11.5 Å². The second-order valence-corrected chi connectivity index (χ2v) is 6.45. The SMILES string of the molecule is Fc1ccc(-c2cnc(NCc3c(F)ccc4c3CCO4)c3ncnn23)cc1. The van der Waals surface area contributed by atoms with E-state index in [1.807, 2.05) is 0 Å². The predicted molar refractivity (Wildman–Crippen MR) is 99.1 cm³/mol. The molecule has 2 aromatic carbocycles. The first-order valence-corrected chi connectivity index (χ1v) is 8.82. The number of fused-ring (bicyclic) bond motifs is 2. The van der Waals surface area contributed by atoms with Gasteiger partial charge in [-0.05, 0) is 36.4 Å². The van der Waals surface area contributed by atoms with Crippen molar-refractivity contribution < 1.29 is 13.5 Å². The van der Waals surface area contributed by atoms with Crippen molar-refractivity contribution in [3.8, 4) is 17.0 Å². The zero-order chi connectivity index (χ0) is 19.1. The molecule has 0 saturated carbocycles. The fourth-order valence-electron chi connectivity index (χ4n) is 3.44. The number of ether oxygens (including phenoxy) is 1. The van der Waals surface area contributed by atoms with Crippen molar-refractivity contribution in [3.05, 3.63) is 71.7 Å². The van der Waals surface area contributed by atoms with Gasteiger partial charge in [-0.2, -0.15) is 5.10 Å². The van der Waals surface area contributed by atoms with Crippen LogP contribution in [0.3, 0.4) is 0 Å². The van der Waals surface area contributed by atoms with E-state index in [0.717, 1.165) is 16.9 Å². The molecule has 0 fully saturated rings. The average Bonchev–Trinajstić information content (AvgIpc) is 3.37. The predicted octanol–water partition coefficient (Wildman–Crippen LogP) is 3.62. The van der Waals surface area contributed by atoms with Crippen LogP contribution < -0.4 is 10.1 Å². The molecule has 0 radical (unpaired) electrons. The van der Waals surface area contributed by atoms with Crippen LogP contribution in [-0.4, -0.2) is 26.2 Å². The standard InChI is InChI=1S/C20H15F2N5O/c21-13-3-1-12(2-4-13)17-10-24-19(20-25-11-26-27(17)20)23-9-15-14-7-8-28-18(14)6-5-16(15)22/h1-6,10-11H,7-9H2,(H,23,24). The molecule has 3 heterocycles. The Morgan fingerprint density at radius 1 is 1.07 bits per heavy atom. The van der Waals surface area contributed by atoms with E-state index >= 15 is 0 Å². The molecule has 140 valence electrons. The number of benzene rings is 2. The van der Waals surface area contributed by atoms with Gasteiger partial charge in [0, 0.05) is 29.7 Å². The molecule has 0 aliphatic carbocycles. The highest BCUT2D eigenvalue weighted by molar-refractivity contribution is 5.69. The van der Waals surface area contributed by atoms with Crippen LogP contribution in [0.5, 0.6) is 5.75 Å². The molecular formula is C20H15F2N5O. The number of anilines is 1. The molecule has 0 saturated heterocycles. The second-order valence-electron chi connectivity index (χ2n) is 6.45. The van der Waals surface area contributed by atoms with Gasteiger partial charge in [0.25, 0.3) is 0 Å². The van der Waals surface area contributed by atoms with Crippen molar-refractivity contribution in [2.75, 3.05) is 11.9 Å². The molecule has 28 heavy (non-hydrogen) atoms. The van der Waals surface area contributed by atoms with Crippen molar-refractivity contribution in [2.24, 2.45) is 0 Å². The number of nitrogens with zero attached hydrogens (tertiary/aromatic N) is 4. The summed E-state index contributed by atoms with van der Waals surface area (Å²) in [5.41, 5.74) is 3.40. The smallest absolute Gasteiger partial charge is 0.198 e. The van der Waals surface area contributed by atoms with Gasteiger partial charge >= 0.3 is 0 Å². The molecule has 1 aliphatic rings. The minimum absolute atomic E-state index is 0.254. The van der Waals surface area contributed by atoms with E-state index in [1.165, 1.54) is 24.5 Å². The van der Waals surface area contributed by atoms with Crippen molar-refractivity contribution in [3.63, 3.8) is 0 Å². The maximum atomic E-state index is 14.3. The third-order valence-electron chi connectivity index (χ3n) is 4.82. The highest BCUT2D eigenvalue weighted by Gasteiger charge is 2.20. The Balaban J connectivity index is 1.49. The minimum atomic E-state index is -0.314. The molecule has 0 amide bonds. The molecule has 5 rings (SSSR count). The zero-order valence-electron chi connectivity index (χ0n) is 14.7. The first-order valence-electron chi connectivity index (χ1n) is 8.82. The lowest BCUT2D eigenvalue weighted by Crippen LogP contribution is -2.08. The van der Waals surface area contributed by atoms with Crippen LogP contribution in [-0.2, 0) is 13.0 Å². The van der Waals surface area contributed by atoms with Gasteiger partial charge in [-0.3, -0.25) is 0 Å². The topological polar surface area (TPSA) is 64.3 Å². The Kier molecular flexibility index (Phi) is 3.89. The third-order valence-corrected chi connectivity index (χ3v) is 4.82. The molecule has 4 aromatic rings. The molecular weight excluding hydrogens is 364 g/mol. The summed E-state index contributed by atoms with van der Waals surface area (Å²) in [5, 5.41) is 7.40. The van der Waals surface area contributed by atoms with Crippen LogP contribution >= 0.6 is 0 Å². The molecule has 0 bridgehead atoms. The lowest BCUT2D eigenvalue weighted by molar-refractivity contribution is 0.356. The molecule has 6 nitrogen and oxygen atoms in total. The lowest BCUT2D eigenvalue weighted by Gasteiger charge is -2.12. The number of aromatic nitrogens is 4. The molecule has 0 atom stereocenters. The average molecular weight is 379 g/mol. The first-order chi connectivity index (χ1) is 13.7. The van der Waals surface area contributed by atoms with E-state index < -0.39 is 0 Å². The summed E-state index contributed by atoms with van der Waals surface area (Å²) in [6.07, 6.45) is 3.73. The van der Waals surface area contributed by atoms with Crippen LogP contribution in [0.15, 0.2) is 48.9 Å². The molecule has 0 unspecified atom stereocenters. The molecule has 2 aromatic heterocycles. The summed E-state index contributed by atoms with van der Waals surface area (Å²) < 4.78 is 34.7. The van der Waals surface area contributed by atoms with Crippen molar-refractivity contribution in [1.29, 1.82) is 0 Å². The van der Waals surface area contributed by atoms with E-state index in [1.54, 1.807) is 28.9 Å². The fourth-order valence-corrected chi connectivity index (χ4v) is 3.44. The second kappa shape index (κ2) is 6.56. The van der Waals surface area contributed by atoms with Gasteiger partial charge in [-0.25, -0.2) is 23.3 Å². The van der Waals surface area contributed by atoms with E-state index in [9.17, 15) is 8.78 Å². The van der Waals surface area contributed by atoms with Crippen LogP contribution in [0.25, 0.3) is 16.9 Å². The minimum Gasteiger partial charge on any atom is -0.493 e. The molecule has 1 N–H and O–H groups in total. The Bertz CT molecular complexity index is 1170. The highest BCUT2D eigenvalue weighted by Crippen LogP contribution is 2.31. The molecule has 1 aliphatic heterocycles. The summed E-state index contributed by atoms with van der Waals surface area (Å²) in [6.45, 7) is 0.814. The lowest BCUT2D eigenvalue weighted by atomic mass is 10.0. The summed E-state index contributed by atoms with van der Waals surface area (Å²) in [4.78, 5) is 8.70. The normalized spacial score (nSPS) is 12.8. The van der Waals surface area contributed by atoms with Gasteiger partial charge in [0.05, 0.1) is 18.5 Å². The monoisotopic (exact) mass is 379 g/mol. The summed E-state index contributed by atoms with van der Waals surface area (Å²) in [5.74, 6) is 0.619. The van der Waals surface area contributed by atoms with Crippen molar-refractivity contribution in [1.82, 2.24) is 19.6 Å². The number of hydrogen-bond donors (Lipinski definition) is 1. The Morgan fingerprint density at radius 3 is 2.79 bits per heavy atom. The number of nitrogens with one attached hydrogen (secondary N) is 1. The van der Waals surface area contributed by atoms with Gasteiger partial charge < -0.3 is 10.1 Å². The van der Waals surface area contributed by atoms with Gasteiger partial charge in [0.2, 0.25) is 0 Å². The van der Waals surface area contributed by atoms with E-state index in [4.69, 9.17) is 4.74 Å². The summed E-state index contributed by atoms with van der Waals surface area (Å²) >= 11 is 0. The van der Waals surface area contributed by atoms with Gasteiger partial charge in [-0.1, -0.05) is 0 Å². The maximum Gasteiger partial charge on any atom is 0.198 e. The van der Waals surface area contributed by atoms with Crippen LogP contribution in [0.4, 0.5) is 14.6 Å². The summed E-state index contributed by atoms with van der Waals surface area (Å²) in [6, 6.07) is 9.15. The quantitative estimate of drug-likeness (QED) is 0.587. The van der Waals surface area contributed by atoms with E-state index in [0.29, 0.717) is 35.8 Å². The third kappa shape index (κ3) is 2.74. The van der Waals surface area contributed by atoms with Crippen molar-refractivity contribution >= 4 is 11.5 Å². The largest absolute Gasteiger partial charge is 0.493 e. The Morgan fingerprint density at radius 2 is 1.93 bits per heavy atom. The van der Waals surface area contributed by atoms with Crippen LogP contribution in [0, 0.1) is 11.6 Å². The first kappa shape index (κ1) is 16.6. The number of hydrogen-bond acceptors (Lipinski definition) is 5.